The number of nitrogens with zero attached hydrogens (tertiary/aromatic N) is 3. The van der Waals surface area contributed by atoms with Crippen molar-refractivity contribution in [3.05, 3.63) is 70.0 Å². The van der Waals surface area contributed by atoms with Gasteiger partial charge in [-0.05, 0) is 242 Å². The molecule has 6 amide bonds. The molecule has 10 N–H and O–H groups in total. The number of nitrogens with one attached hydrogen (secondary N) is 6. The highest BCUT2D eigenvalue weighted by molar-refractivity contribution is 6.35. The maximum absolute atomic E-state index is 13.8. The SMILES string of the molecule is CC(C)(C)OC(=O)N1CC2(CCCCC2)CC1C(=O)O.COC(=O)[C@@H](N)C[C@@H]1CCCCC1=O.COC(=O)[C@H](C[C@@H]1CCCCC1=O)NC(=O)C1CC2(CCCCC2)CN1.COC(=O)[C@H](C[C@@H]1CCCCC1=O)NC(=O)C1CC2(CCCCC2)CN1C(=O)OC(C)(C)C.COC(=O)[C@H](C[C@@H]1CCCCC1=O)NC(=O)C1CC2(CCCCC2)CN1C(=O)c1cc2cccc(Cl)c2[nH]1.Cl.Cl.O=C(O)c1cc2cccc(Cl)c2[nH]1. The molecule has 34 nitrogen and oxygen atoms in total. The molecule has 4 aliphatic heterocycles. The lowest BCUT2D eigenvalue weighted by Crippen LogP contribution is -2.52. The summed E-state index contributed by atoms with van der Waals surface area (Å²) in [4.78, 5) is 208. The number of ether oxygens (including phenoxy) is 6. The van der Waals surface area contributed by atoms with Gasteiger partial charge >= 0.3 is 48.0 Å². The molecule has 812 valence electrons. The number of carbonyl (C=O) groups excluding carboxylic acids is 14. The minimum atomic E-state index is -0.979. The fourth-order valence-corrected chi connectivity index (χ4v) is 24.5. The van der Waals surface area contributed by atoms with Crippen LogP contribution in [0, 0.1) is 45.3 Å². The van der Waals surface area contributed by atoms with Crippen LogP contribution in [-0.2, 0) is 86.0 Å². The number of ketones is 4. The van der Waals surface area contributed by atoms with Gasteiger partial charge in [0.2, 0.25) is 17.7 Å². The molecule has 2 aromatic carbocycles. The number of para-hydroxylation sites is 2. The van der Waals surface area contributed by atoms with E-state index in [4.69, 9.17) is 57.7 Å². The van der Waals surface area contributed by atoms with E-state index >= 15 is 0 Å². The van der Waals surface area contributed by atoms with Crippen LogP contribution in [0.15, 0.2) is 48.5 Å². The number of aromatic nitrogens is 2. The van der Waals surface area contributed by atoms with E-state index in [1.54, 1.807) is 81.7 Å². The highest BCUT2D eigenvalue weighted by Crippen LogP contribution is 2.51. The average molecular weight is 2120 g/mol. The van der Waals surface area contributed by atoms with Crippen molar-refractivity contribution in [2.24, 2.45) is 51.1 Å². The lowest BCUT2D eigenvalue weighted by Gasteiger charge is -2.33. The first-order valence-electron chi connectivity index (χ1n) is 52.6. The van der Waals surface area contributed by atoms with Gasteiger partial charge in [-0.15, -0.1) is 24.8 Å². The van der Waals surface area contributed by atoms with Crippen molar-refractivity contribution in [1.29, 1.82) is 0 Å². The number of halogens is 4. The minimum Gasteiger partial charge on any atom is -0.480 e. The van der Waals surface area contributed by atoms with Crippen LogP contribution in [0.3, 0.4) is 0 Å². The van der Waals surface area contributed by atoms with E-state index in [9.17, 15) is 81.8 Å². The molecule has 12 aliphatic rings. The molecule has 16 rings (SSSR count). The monoisotopic (exact) mass is 2120 g/mol. The van der Waals surface area contributed by atoms with Gasteiger partial charge in [0.25, 0.3) is 5.91 Å². The van der Waals surface area contributed by atoms with Crippen LogP contribution in [0.1, 0.15) is 345 Å². The fraction of sp³-hybridized carbons (Fsp3) is 0.704. The number of esters is 4. The van der Waals surface area contributed by atoms with Crippen LogP contribution in [-0.4, -0.2) is 244 Å². The fourth-order valence-electron chi connectivity index (χ4n) is 24.0. The standard InChI is InChI=1S/C29H36ClN3O5.C25H40N2O6.C20H32N2O4.C15H25NO4.C10H17NO3.C9H6ClNO2.2ClH/c1-38-28(37)22(14-18-8-3-4-11-24(18)34)32-26(35)23-16-29(12-5-2-6-13-29)17-33(23)27(36)21-15-19-9-7-10-20(30)25(19)31-21;1-24(2,3)33-23(31)27-16-25(12-8-5-9-13-25)15-19(27)21(29)26-18(22(30)32-4)14-17-10-6-7-11-20(17)28;1-26-19(25)15(11-14-7-3-4-8-17(14)23)22-18(24)16-12-20(13-21-16)9-5-2-6-10-20;1-14(2,3)20-13(19)16-10-15(7-5-4-6-8-15)9-11(16)12(17)18;1-14-10(13)8(11)6-7-4-2-3-5-9(7)12;10-6-3-1-2-5-4-7(9(12)13)11-8(5)6;;/h7,9-10,15,18,22-23,31H,2-6,8,11-14,16-17H2,1H3,(H,32,35);17-19H,5-16H2,1-4H3,(H,26,29);14-16,21H,2-13H2,1H3,(H,22,24);11H,4-10H2,1-3H3,(H,17,18);7-8H,2-6,11H2,1H3;1-4,11H,(H,12,13);2*1H/t18-,22-,23?;17-,18-,19?;14-,15-,16?;;7-,8-;;;/m000.0.../s1. The van der Waals surface area contributed by atoms with E-state index in [2.05, 4.69) is 36.0 Å². The van der Waals surface area contributed by atoms with E-state index in [0.717, 1.165) is 178 Å². The van der Waals surface area contributed by atoms with E-state index < -0.39 is 101 Å². The number of likely N-dealkylation sites (tertiary alicyclic amines) is 3. The van der Waals surface area contributed by atoms with Crippen molar-refractivity contribution < 1.29 is 115 Å². The van der Waals surface area contributed by atoms with Crippen LogP contribution in [0.4, 0.5) is 9.59 Å². The van der Waals surface area contributed by atoms with Gasteiger partial charge in [-0.2, -0.15) is 0 Å². The molecule has 2 aromatic heterocycles. The number of carboxylic acids is 2. The second-order valence-corrected chi connectivity index (χ2v) is 45.4. The number of rotatable bonds is 21. The summed E-state index contributed by atoms with van der Waals surface area (Å²) in [6, 6.07) is 8.52. The van der Waals surface area contributed by atoms with Crippen LogP contribution in [0.5, 0.6) is 0 Å². The Bertz CT molecular complexity index is 5180. The molecule has 0 radical (unpaired) electrons. The van der Waals surface area contributed by atoms with Gasteiger partial charge in [0, 0.05) is 86.3 Å². The molecule has 8 aliphatic carbocycles. The maximum atomic E-state index is 13.8. The molecule has 6 heterocycles. The summed E-state index contributed by atoms with van der Waals surface area (Å²) in [5, 5.41) is 32.7. The third kappa shape index (κ3) is 33.0. The van der Waals surface area contributed by atoms with Gasteiger partial charge in [-0.25, -0.2) is 33.6 Å². The van der Waals surface area contributed by atoms with E-state index in [1.807, 2.05) is 18.2 Å². The van der Waals surface area contributed by atoms with Crippen LogP contribution in [0.25, 0.3) is 21.8 Å². The number of carbonyl (C=O) groups is 16. The van der Waals surface area contributed by atoms with Crippen LogP contribution >= 0.6 is 48.0 Å². The third-order valence-corrected chi connectivity index (χ3v) is 32.3. The van der Waals surface area contributed by atoms with Crippen LogP contribution < -0.4 is 27.0 Å². The first-order chi connectivity index (χ1) is 68.4. The van der Waals surface area contributed by atoms with Gasteiger partial charge in [-0.3, -0.25) is 53.0 Å². The van der Waals surface area contributed by atoms with Crippen molar-refractivity contribution in [2.45, 2.75) is 384 Å². The summed E-state index contributed by atoms with van der Waals surface area (Å²) in [5.41, 5.74) is 6.28. The number of H-pyrrole nitrogens is 2. The predicted molar refractivity (Wildman–Crippen MR) is 554 cm³/mol. The summed E-state index contributed by atoms with van der Waals surface area (Å²) < 4.78 is 30.3. The average Bonchev–Trinajstić information content (AvgIpc) is 1.60. The smallest absolute Gasteiger partial charge is 0.411 e. The van der Waals surface area contributed by atoms with Crippen molar-refractivity contribution in [2.75, 3.05) is 54.6 Å². The van der Waals surface area contributed by atoms with E-state index in [-0.39, 0.29) is 141 Å². The van der Waals surface area contributed by atoms with Gasteiger partial charge in [-0.1, -0.05) is 150 Å². The first kappa shape index (κ1) is 120. The summed E-state index contributed by atoms with van der Waals surface area (Å²) in [5.74, 6) is -5.00. The molecule has 12 atom stereocenters. The van der Waals surface area contributed by atoms with E-state index in [1.165, 1.54) is 78.3 Å². The Morgan fingerprint density at radius 3 is 1.08 bits per heavy atom. The number of fused-ring (bicyclic) bond motifs is 2. The minimum absolute atomic E-state index is 0. The normalized spacial score (nSPS) is 24.2. The Kier molecular flexibility index (Phi) is 45.1. The van der Waals surface area contributed by atoms with Crippen molar-refractivity contribution in [1.82, 2.24) is 45.9 Å². The summed E-state index contributed by atoms with van der Waals surface area (Å²) in [6.07, 6.45) is 37.9. The van der Waals surface area contributed by atoms with Gasteiger partial charge in [0.05, 0.1) is 55.6 Å². The number of hydrogen-bond acceptors (Lipinski definition) is 24. The molecular weight excluding hydrogens is 1960 g/mol. The molecule has 38 heteroatoms. The van der Waals surface area contributed by atoms with Crippen molar-refractivity contribution in [3.8, 4) is 0 Å². The Balaban J connectivity index is 0.000000202. The Morgan fingerprint density at radius 2 is 0.740 bits per heavy atom. The second kappa shape index (κ2) is 54.8. The molecular formula is C108H158Cl4N10O24. The predicted octanol–water partition coefficient (Wildman–Crippen LogP) is 17.7. The number of carboxylic acid groups (broad SMARTS) is 2. The molecule has 4 spiro atoms. The van der Waals surface area contributed by atoms with Crippen molar-refractivity contribution in [3.63, 3.8) is 0 Å². The molecule has 4 unspecified atom stereocenters. The zero-order chi connectivity index (χ0) is 105. The largest absolute Gasteiger partial charge is 0.480 e. The summed E-state index contributed by atoms with van der Waals surface area (Å²) >= 11 is 12.2. The molecule has 146 heavy (non-hydrogen) atoms. The highest BCUT2D eigenvalue weighted by Gasteiger charge is 2.55. The zero-order valence-electron chi connectivity index (χ0n) is 86.9. The molecule has 4 aromatic rings. The lowest BCUT2D eigenvalue weighted by molar-refractivity contribution is -0.147. The number of amides is 6. The number of nitrogens with two attached hydrogens (primary N) is 1. The number of aromatic carboxylic acids is 1. The Morgan fingerprint density at radius 1 is 0.418 bits per heavy atom. The number of aromatic amines is 2. The topological polar surface area (TPSA) is 484 Å². The number of methoxy groups -OCH3 is 4. The first-order valence-corrected chi connectivity index (χ1v) is 53.3. The van der Waals surface area contributed by atoms with Crippen molar-refractivity contribution >= 4 is 165 Å². The number of benzene rings is 2. The van der Waals surface area contributed by atoms with Crippen LogP contribution in [0.2, 0.25) is 10.0 Å². The Hall–Kier alpha value is -9.48. The van der Waals surface area contributed by atoms with Gasteiger partial charge in [0.1, 0.15) is 88.0 Å². The number of aliphatic carboxylic acids is 1. The van der Waals surface area contributed by atoms with E-state index in [0.29, 0.717) is 111 Å². The lowest BCUT2D eigenvalue weighted by atomic mass is 9.72. The number of Topliss-reactive ketones (excluding diaryl/α,β-unsaturated/α-hetero) is 4. The molecule has 12 fully saturated rings. The maximum Gasteiger partial charge on any atom is 0.411 e. The highest BCUT2D eigenvalue weighted by atomic mass is 35.5. The second-order valence-electron chi connectivity index (χ2n) is 44.6. The zero-order valence-corrected chi connectivity index (χ0v) is 90.0. The molecule has 4 saturated heterocycles. The summed E-state index contributed by atoms with van der Waals surface area (Å²) in [7, 11) is 5.21. The summed E-state index contributed by atoms with van der Waals surface area (Å²) in [6.45, 7) is 13.2. The Labute approximate surface area is 879 Å². The molecule has 8 saturated carbocycles. The molecule has 0 bridgehead atoms. The van der Waals surface area contributed by atoms with Gasteiger partial charge in [0.15, 0.2) is 0 Å². The quantitative estimate of drug-likeness (QED) is 0.0276. The number of hydrogen-bond donors (Lipinski definition) is 9. The third-order valence-electron chi connectivity index (χ3n) is 31.7. The van der Waals surface area contributed by atoms with Gasteiger partial charge < -0.3 is 80.5 Å².